The van der Waals surface area contributed by atoms with Gasteiger partial charge < -0.3 is 9.80 Å². The molecule has 0 amide bonds. The first-order valence-corrected chi connectivity index (χ1v) is 23.8. The van der Waals surface area contributed by atoms with Crippen LogP contribution in [0.15, 0.2) is 273 Å². The predicted octanol–water partition coefficient (Wildman–Crippen LogP) is 18.5. The molecular weight excluding hydrogens is 821 g/mol. The molecule has 2 aliphatic rings. The number of hydrogen-bond donors (Lipinski definition) is 0. The van der Waals surface area contributed by atoms with Gasteiger partial charge in [0, 0.05) is 40.0 Å². The topological polar surface area (TPSA) is 6.48 Å². The summed E-state index contributed by atoms with van der Waals surface area (Å²) in [7, 11) is 0. The lowest BCUT2D eigenvalue weighted by Crippen LogP contribution is -2.10. The molecular formula is C66H52N2. The molecule has 0 spiro atoms. The Morgan fingerprint density at radius 1 is 0.309 bits per heavy atom. The van der Waals surface area contributed by atoms with Crippen LogP contribution in [0.3, 0.4) is 0 Å². The zero-order valence-corrected chi connectivity index (χ0v) is 38.1. The van der Waals surface area contributed by atoms with Gasteiger partial charge in [0.05, 0.1) is 0 Å². The van der Waals surface area contributed by atoms with E-state index in [4.69, 9.17) is 0 Å². The van der Waals surface area contributed by atoms with Gasteiger partial charge in [-0.15, -0.1) is 0 Å². The van der Waals surface area contributed by atoms with E-state index in [1.807, 2.05) is 0 Å². The molecule has 68 heavy (non-hydrogen) atoms. The van der Waals surface area contributed by atoms with E-state index >= 15 is 0 Å². The summed E-state index contributed by atoms with van der Waals surface area (Å²) >= 11 is 0. The molecule has 0 aromatic heterocycles. The Hall–Kier alpha value is -8.46. The molecule has 0 aliphatic heterocycles. The lowest BCUT2D eigenvalue weighted by Gasteiger charge is -2.27. The highest BCUT2D eigenvalue weighted by atomic mass is 15.1. The lowest BCUT2D eigenvalue weighted by atomic mass is 9.86. The minimum absolute atomic E-state index is 0.421. The highest BCUT2D eigenvalue weighted by Crippen LogP contribution is 2.43. The van der Waals surface area contributed by atoms with Crippen molar-refractivity contribution >= 4 is 45.3 Å². The summed E-state index contributed by atoms with van der Waals surface area (Å²) in [6.07, 6.45) is 16.5. The summed E-state index contributed by atoms with van der Waals surface area (Å²) in [4.78, 5) is 4.72. The number of hydrogen-bond acceptors (Lipinski definition) is 2. The molecule has 2 nitrogen and oxygen atoms in total. The van der Waals surface area contributed by atoms with Crippen LogP contribution in [0.5, 0.6) is 0 Å². The van der Waals surface area contributed by atoms with Crippen LogP contribution in [0, 0.1) is 0 Å². The van der Waals surface area contributed by atoms with Crippen molar-refractivity contribution in [3.05, 3.63) is 290 Å². The second-order valence-electron chi connectivity index (χ2n) is 17.6. The highest BCUT2D eigenvalue weighted by molar-refractivity contribution is 5.90. The Labute approximate surface area is 401 Å². The first-order valence-electron chi connectivity index (χ1n) is 23.8. The molecule has 11 rings (SSSR count). The third-order valence-corrected chi connectivity index (χ3v) is 13.4. The quantitative estimate of drug-likeness (QED) is 0.121. The minimum Gasteiger partial charge on any atom is -0.311 e. The SMILES string of the molecule is C1=CCC(c2ccc(N(c3ccccc3)c3ccc(-c4ccc(-c5ccc(N(c6ccccc6)c6ccc(-c7ccccc7)cc6)cc5C5=CC=C(c6ccccc6)CC5)cc4)cc3)cc2)C=C1. The normalized spacial score (nSPS) is 14.2. The van der Waals surface area contributed by atoms with Gasteiger partial charge in [-0.05, 0) is 153 Å². The molecule has 0 saturated carbocycles. The first-order chi connectivity index (χ1) is 33.7. The summed E-state index contributed by atoms with van der Waals surface area (Å²) < 4.78 is 0. The van der Waals surface area contributed by atoms with Gasteiger partial charge in [-0.1, -0.05) is 200 Å². The van der Waals surface area contributed by atoms with E-state index in [0.717, 1.165) is 53.4 Å². The van der Waals surface area contributed by atoms with E-state index in [1.54, 1.807) is 0 Å². The van der Waals surface area contributed by atoms with Crippen LogP contribution in [-0.4, -0.2) is 0 Å². The minimum atomic E-state index is 0.421. The average molecular weight is 873 g/mol. The van der Waals surface area contributed by atoms with Crippen molar-refractivity contribution < 1.29 is 0 Å². The van der Waals surface area contributed by atoms with Crippen LogP contribution in [0.1, 0.15) is 41.9 Å². The summed E-state index contributed by atoms with van der Waals surface area (Å²) in [5.41, 5.74) is 20.6. The molecule has 1 atom stereocenters. The Morgan fingerprint density at radius 2 is 0.721 bits per heavy atom. The van der Waals surface area contributed by atoms with Crippen molar-refractivity contribution in [2.45, 2.75) is 25.2 Å². The van der Waals surface area contributed by atoms with E-state index in [1.165, 1.54) is 61.2 Å². The predicted molar refractivity (Wildman–Crippen MR) is 289 cm³/mol. The van der Waals surface area contributed by atoms with Crippen LogP contribution in [0.2, 0.25) is 0 Å². The first kappa shape index (κ1) is 42.2. The molecule has 0 radical (unpaired) electrons. The second kappa shape index (κ2) is 19.6. The maximum atomic E-state index is 2.41. The average Bonchev–Trinajstić information content (AvgIpc) is 3.43. The third kappa shape index (κ3) is 9.05. The number of nitrogens with zero attached hydrogens (tertiary/aromatic N) is 2. The molecule has 0 fully saturated rings. The van der Waals surface area contributed by atoms with Gasteiger partial charge in [0.15, 0.2) is 0 Å². The van der Waals surface area contributed by atoms with Crippen molar-refractivity contribution in [2.24, 2.45) is 0 Å². The van der Waals surface area contributed by atoms with Crippen LogP contribution in [-0.2, 0) is 0 Å². The number of allylic oxidation sites excluding steroid dienone is 8. The van der Waals surface area contributed by atoms with Gasteiger partial charge in [0.25, 0.3) is 0 Å². The number of rotatable bonds is 12. The van der Waals surface area contributed by atoms with E-state index in [0.29, 0.717) is 5.92 Å². The summed E-state index contributed by atoms with van der Waals surface area (Å²) in [6, 6.07) is 86.0. The Bertz CT molecular complexity index is 3240. The number of benzene rings is 9. The molecule has 9 aromatic carbocycles. The van der Waals surface area contributed by atoms with E-state index < -0.39 is 0 Å². The van der Waals surface area contributed by atoms with Gasteiger partial charge in [-0.3, -0.25) is 0 Å². The summed E-state index contributed by atoms with van der Waals surface area (Å²) in [6.45, 7) is 0. The van der Waals surface area contributed by atoms with Gasteiger partial charge in [0.1, 0.15) is 0 Å². The molecule has 326 valence electrons. The number of para-hydroxylation sites is 2. The standard InChI is InChI=1S/C66H52N2/c1-6-16-49(17-7-1)52-28-32-58(33-29-52)66-48-64(68(60-24-14-5-15-25-60)63-44-36-55(37-45-63)51-20-10-3-11-21-51)46-47-65(66)57-30-26-53(27-31-57)56-38-42-62(43-39-56)67(59-22-12-4-13-23-59)61-40-34-54(35-41-61)50-18-8-2-9-19-50/h1-18,20-28,30-32,34-48,50H,19,29,33H2. The van der Waals surface area contributed by atoms with Crippen molar-refractivity contribution in [3.63, 3.8) is 0 Å². The monoisotopic (exact) mass is 872 g/mol. The van der Waals surface area contributed by atoms with Gasteiger partial charge in [-0.2, -0.15) is 0 Å². The fourth-order valence-corrected chi connectivity index (χ4v) is 9.77. The van der Waals surface area contributed by atoms with Crippen molar-refractivity contribution in [1.29, 1.82) is 0 Å². The fourth-order valence-electron chi connectivity index (χ4n) is 9.77. The smallest absolute Gasteiger partial charge is 0.0468 e. The molecule has 0 saturated heterocycles. The van der Waals surface area contributed by atoms with Gasteiger partial charge >= 0.3 is 0 Å². The van der Waals surface area contributed by atoms with E-state index in [-0.39, 0.29) is 0 Å². The fraction of sp³-hybridized carbons (Fsp3) is 0.0606. The highest BCUT2D eigenvalue weighted by Gasteiger charge is 2.20. The largest absolute Gasteiger partial charge is 0.311 e. The zero-order chi connectivity index (χ0) is 45.5. The molecule has 0 N–H and O–H groups in total. The van der Waals surface area contributed by atoms with Crippen molar-refractivity contribution in [3.8, 4) is 33.4 Å². The lowest BCUT2D eigenvalue weighted by molar-refractivity contribution is 0.854. The van der Waals surface area contributed by atoms with E-state index in [2.05, 4.69) is 283 Å². The second-order valence-corrected chi connectivity index (χ2v) is 17.6. The van der Waals surface area contributed by atoms with E-state index in [9.17, 15) is 0 Å². The maximum Gasteiger partial charge on any atom is 0.0468 e. The van der Waals surface area contributed by atoms with Gasteiger partial charge in [0.2, 0.25) is 0 Å². The maximum absolute atomic E-state index is 2.41. The van der Waals surface area contributed by atoms with Gasteiger partial charge in [-0.25, -0.2) is 0 Å². The Balaban J connectivity index is 0.927. The van der Waals surface area contributed by atoms with Crippen LogP contribution >= 0.6 is 0 Å². The summed E-state index contributed by atoms with van der Waals surface area (Å²) in [5.74, 6) is 0.421. The molecule has 1 unspecified atom stereocenters. The van der Waals surface area contributed by atoms with Crippen LogP contribution in [0.25, 0.3) is 44.5 Å². The van der Waals surface area contributed by atoms with Crippen LogP contribution < -0.4 is 9.80 Å². The third-order valence-electron chi connectivity index (χ3n) is 13.4. The molecule has 9 aromatic rings. The number of anilines is 6. The Kier molecular flexibility index (Phi) is 12.1. The Morgan fingerprint density at radius 3 is 1.24 bits per heavy atom. The zero-order valence-electron chi connectivity index (χ0n) is 38.1. The molecule has 0 heterocycles. The molecule has 2 aliphatic carbocycles. The molecule has 2 heteroatoms. The van der Waals surface area contributed by atoms with Crippen molar-refractivity contribution in [2.75, 3.05) is 9.80 Å². The van der Waals surface area contributed by atoms with Crippen LogP contribution in [0.4, 0.5) is 34.1 Å². The van der Waals surface area contributed by atoms with Crippen molar-refractivity contribution in [1.82, 2.24) is 0 Å². The molecule has 0 bridgehead atoms. The summed E-state index contributed by atoms with van der Waals surface area (Å²) in [5, 5.41) is 0.